The summed E-state index contributed by atoms with van der Waals surface area (Å²) in [5.41, 5.74) is 0.994. The fraction of sp³-hybridized carbons (Fsp3) is 0.588. The minimum atomic E-state index is 0.457. The molecule has 2 saturated carbocycles. The Labute approximate surface area is 132 Å². The van der Waals surface area contributed by atoms with Gasteiger partial charge in [0.1, 0.15) is 5.75 Å². The highest BCUT2D eigenvalue weighted by atomic mass is 32.1. The van der Waals surface area contributed by atoms with Crippen molar-refractivity contribution in [2.24, 2.45) is 17.8 Å². The van der Waals surface area contributed by atoms with Gasteiger partial charge in [-0.3, -0.25) is 0 Å². The molecule has 0 amide bonds. The van der Waals surface area contributed by atoms with Crippen LogP contribution in [0, 0.1) is 17.8 Å². The van der Waals surface area contributed by atoms with Crippen molar-refractivity contribution < 1.29 is 4.74 Å². The van der Waals surface area contributed by atoms with Crippen LogP contribution in [0.2, 0.25) is 0 Å². The van der Waals surface area contributed by atoms with Crippen molar-refractivity contribution in [1.29, 1.82) is 0 Å². The number of ether oxygens (including phenoxy) is 1. The molecule has 2 aliphatic rings. The molecular formula is C17H24N2OS. The first-order valence-corrected chi connectivity index (χ1v) is 8.28. The predicted octanol–water partition coefficient (Wildman–Crippen LogP) is 3.81. The second kappa shape index (κ2) is 6.22. The summed E-state index contributed by atoms with van der Waals surface area (Å²) in [4.78, 5) is 0. The van der Waals surface area contributed by atoms with Gasteiger partial charge in [0.2, 0.25) is 0 Å². The quantitative estimate of drug-likeness (QED) is 0.829. The number of methoxy groups -OCH3 is 1. The molecule has 1 aromatic rings. The van der Waals surface area contributed by atoms with E-state index in [1.165, 1.54) is 25.7 Å². The molecule has 21 heavy (non-hydrogen) atoms. The van der Waals surface area contributed by atoms with Crippen LogP contribution >= 0.6 is 12.2 Å². The smallest absolute Gasteiger partial charge is 0.170 e. The van der Waals surface area contributed by atoms with Gasteiger partial charge in [0, 0.05) is 11.7 Å². The van der Waals surface area contributed by atoms with Crippen LogP contribution in [0.3, 0.4) is 0 Å². The summed E-state index contributed by atoms with van der Waals surface area (Å²) < 4.78 is 5.16. The summed E-state index contributed by atoms with van der Waals surface area (Å²) in [6.45, 7) is 2.27. The van der Waals surface area contributed by atoms with E-state index in [0.717, 1.165) is 34.3 Å². The molecule has 0 saturated heterocycles. The number of thiocarbonyl (C=S) groups is 1. The summed E-state index contributed by atoms with van der Waals surface area (Å²) in [5, 5.41) is 7.45. The Morgan fingerprint density at radius 1 is 1.24 bits per heavy atom. The van der Waals surface area contributed by atoms with Crippen molar-refractivity contribution in [3.05, 3.63) is 24.3 Å². The van der Waals surface area contributed by atoms with Gasteiger partial charge in [0.15, 0.2) is 5.11 Å². The molecule has 2 fully saturated rings. The van der Waals surface area contributed by atoms with Crippen LogP contribution in [-0.4, -0.2) is 18.3 Å². The van der Waals surface area contributed by atoms with Crippen molar-refractivity contribution in [3.8, 4) is 5.75 Å². The van der Waals surface area contributed by atoms with Crippen LogP contribution in [0.1, 0.15) is 32.6 Å². The molecule has 0 radical (unpaired) electrons. The molecule has 2 bridgehead atoms. The van der Waals surface area contributed by atoms with E-state index < -0.39 is 0 Å². The van der Waals surface area contributed by atoms with Gasteiger partial charge in [-0.15, -0.1) is 0 Å². The Morgan fingerprint density at radius 2 is 2.00 bits per heavy atom. The summed E-state index contributed by atoms with van der Waals surface area (Å²) >= 11 is 5.44. The monoisotopic (exact) mass is 304 g/mol. The fourth-order valence-electron chi connectivity index (χ4n) is 4.06. The third-order valence-electron chi connectivity index (χ3n) is 5.14. The largest absolute Gasteiger partial charge is 0.497 e. The molecule has 0 aliphatic heterocycles. The van der Waals surface area contributed by atoms with E-state index >= 15 is 0 Å². The maximum Gasteiger partial charge on any atom is 0.170 e. The van der Waals surface area contributed by atoms with E-state index in [2.05, 4.69) is 17.6 Å². The van der Waals surface area contributed by atoms with Crippen LogP contribution < -0.4 is 15.4 Å². The first kappa shape index (κ1) is 14.6. The van der Waals surface area contributed by atoms with Crippen LogP contribution in [0.5, 0.6) is 5.75 Å². The third-order valence-corrected chi connectivity index (χ3v) is 5.36. The Kier molecular flexibility index (Phi) is 4.34. The minimum absolute atomic E-state index is 0.457. The average Bonchev–Trinajstić information content (AvgIpc) is 3.10. The van der Waals surface area contributed by atoms with Crippen molar-refractivity contribution in [2.45, 2.75) is 38.6 Å². The summed E-state index contributed by atoms with van der Waals surface area (Å²) in [6, 6.07) is 8.29. The molecule has 2 aliphatic carbocycles. The molecule has 4 heteroatoms. The zero-order valence-electron chi connectivity index (χ0n) is 12.8. The predicted molar refractivity (Wildman–Crippen MR) is 90.8 cm³/mol. The van der Waals surface area contributed by atoms with Gasteiger partial charge in [-0.25, -0.2) is 0 Å². The highest BCUT2D eigenvalue weighted by Crippen LogP contribution is 2.49. The second-order valence-corrected chi connectivity index (χ2v) is 6.86. The summed E-state index contributed by atoms with van der Waals surface area (Å²) in [6.07, 6.45) is 5.68. The molecule has 3 nitrogen and oxygen atoms in total. The van der Waals surface area contributed by atoms with Crippen LogP contribution in [0.4, 0.5) is 5.69 Å². The highest BCUT2D eigenvalue weighted by Gasteiger charge is 2.41. The lowest BCUT2D eigenvalue weighted by atomic mass is 9.84. The molecule has 114 valence electrons. The SMILES string of the molecule is COc1ccc(NC(=S)NC(C)C2CC3CCC2C3)cc1. The first-order valence-electron chi connectivity index (χ1n) is 7.87. The van der Waals surface area contributed by atoms with Crippen LogP contribution in [-0.2, 0) is 0 Å². The number of nitrogens with one attached hydrogen (secondary N) is 2. The van der Waals surface area contributed by atoms with Crippen molar-refractivity contribution in [1.82, 2.24) is 5.32 Å². The molecule has 4 unspecified atom stereocenters. The Hall–Kier alpha value is -1.29. The average molecular weight is 304 g/mol. The lowest BCUT2D eigenvalue weighted by Gasteiger charge is -2.29. The number of fused-ring (bicyclic) bond motifs is 2. The number of anilines is 1. The van der Waals surface area contributed by atoms with Gasteiger partial charge >= 0.3 is 0 Å². The third kappa shape index (κ3) is 3.31. The highest BCUT2D eigenvalue weighted by molar-refractivity contribution is 7.80. The number of benzene rings is 1. The Balaban J connectivity index is 1.51. The molecular weight excluding hydrogens is 280 g/mol. The van der Waals surface area contributed by atoms with Crippen LogP contribution in [0.15, 0.2) is 24.3 Å². The zero-order chi connectivity index (χ0) is 14.8. The van der Waals surface area contributed by atoms with Gasteiger partial charge in [-0.05, 0) is 80.4 Å². The van der Waals surface area contributed by atoms with Crippen molar-refractivity contribution in [3.63, 3.8) is 0 Å². The maximum absolute atomic E-state index is 5.44. The summed E-state index contributed by atoms with van der Waals surface area (Å²) in [5.74, 6) is 3.54. The fourth-order valence-corrected chi connectivity index (χ4v) is 4.37. The van der Waals surface area contributed by atoms with E-state index in [9.17, 15) is 0 Å². The zero-order valence-corrected chi connectivity index (χ0v) is 13.6. The molecule has 0 aromatic heterocycles. The standard InChI is InChI=1S/C17H24N2OS/c1-11(16-10-12-3-4-13(16)9-12)18-17(21)19-14-5-7-15(20-2)8-6-14/h5-8,11-13,16H,3-4,9-10H2,1-2H3,(H2,18,19,21). The van der Waals surface area contributed by atoms with Gasteiger partial charge in [-0.1, -0.05) is 6.42 Å². The molecule has 4 atom stereocenters. The van der Waals surface area contributed by atoms with E-state index in [0.29, 0.717) is 6.04 Å². The normalized spacial score (nSPS) is 28.2. The second-order valence-electron chi connectivity index (χ2n) is 6.45. The Bertz CT molecular complexity index is 502. The lowest BCUT2D eigenvalue weighted by Crippen LogP contribution is -2.42. The van der Waals surface area contributed by atoms with E-state index in [4.69, 9.17) is 17.0 Å². The number of hydrogen-bond acceptors (Lipinski definition) is 2. The van der Waals surface area contributed by atoms with E-state index in [1.54, 1.807) is 7.11 Å². The number of hydrogen-bond donors (Lipinski definition) is 2. The minimum Gasteiger partial charge on any atom is -0.497 e. The van der Waals surface area contributed by atoms with Crippen LogP contribution in [0.25, 0.3) is 0 Å². The molecule has 0 spiro atoms. The molecule has 2 N–H and O–H groups in total. The molecule has 3 rings (SSSR count). The van der Waals surface area contributed by atoms with E-state index in [1.807, 2.05) is 24.3 Å². The van der Waals surface area contributed by atoms with Crippen molar-refractivity contribution in [2.75, 3.05) is 12.4 Å². The number of rotatable bonds is 4. The topological polar surface area (TPSA) is 33.3 Å². The molecule has 1 aromatic carbocycles. The molecule has 0 heterocycles. The Morgan fingerprint density at radius 3 is 2.57 bits per heavy atom. The van der Waals surface area contributed by atoms with Crippen molar-refractivity contribution >= 4 is 23.0 Å². The lowest BCUT2D eigenvalue weighted by molar-refractivity contribution is 0.279. The van der Waals surface area contributed by atoms with Gasteiger partial charge in [0.25, 0.3) is 0 Å². The van der Waals surface area contributed by atoms with E-state index in [-0.39, 0.29) is 0 Å². The summed E-state index contributed by atoms with van der Waals surface area (Å²) in [7, 11) is 1.67. The van der Waals surface area contributed by atoms with Gasteiger partial charge < -0.3 is 15.4 Å². The maximum atomic E-state index is 5.44. The van der Waals surface area contributed by atoms with Gasteiger partial charge in [0.05, 0.1) is 7.11 Å². The van der Waals surface area contributed by atoms with Gasteiger partial charge in [-0.2, -0.15) is 0 Å². The first-order chi connectivity index (χ1) is 10.2.